The maximum absolute atomic E-state index is 10.8. The second kappa shape index (κ2) is 4.19. The number of hydrogen-bond acceptors (Lipinski definition) is 2. The normalized spacial score (nSPS) is 27.0. The molecular weight excluding hydrogens is 198 g/mol. The van der Waals surface area contributed by atoms with Crippen LogP contribution in [0.1, 0.15) is 29.5 Å². The molecule has 1 atom stereocenters. The fraction of sp³-hybridized carbons (Fsp3) is 0.571. The minimum absolute atomic E-state index is 0.650. The van der Waals surface area contributed by atoms with Gasteiger partial charge in [-0.25, -0.2) is 0 Å². The van der Waals surface area contributed by atoms with E-state index in [1.165, 1.54) is 11.1 Å². The van der Waals surface area contributed by atoms with Crippen molar-refractivity contribution >= 4 is 0 Å². The van der Waals surface area contributed by atoms with Crippen molar-refractivity contribution in [3.05, 3.63) is 34.9 Å². The first kappa shape index (κ1) is 11.6. The lowest BCUT2D eigenvalue weighted by Crippen LogP contribution is -2.44. The Labute approximate surface area is 97.9 Å². The maximum Gasteiger partial charge on any atom is 0.103 e. The van der Waals surface area contributed by atoms with Crippen LogP contribution in [0, 0.1) is 13.8 Å². The summed E-state index contributed by atoms with van der Waals surface area (Å²) in [5.74, 6) is 0. The molecule has 16 heavy (non-hydrogen) atoms. The van der Waals surface area contributed by atoms with Gasteiger partial charge in [-0.05, 0) is 51.4 Å². The summed E-state index contributed by atoms with van der Waals surface area (Å²) in [5.41, 5.74) is 2.88. The van der Waals surface area contributed by atoms with E-state index >= 15 is 0 Å². The highest BCUT2D eigenvalue weighted by atomic mass is 16.3. The Hall–Kier alpha value is -0.860. The van der Waals surface area contributed by atoms with Crippen molar-refractivity contribution in [3.8, 4) is 0 Å². The highest BCUT2D eigenvalue weighted by Gasteiger charge is 2.34. The molecule has 0 radical (unpaired) electrons. The number of aryl methyl sites for hydroxylation is 2. The Morgan fingerprint density at radius 2 is 2.06 bits per heavy atom. The minimum Gasteiger partial charge on any atom is -0.384 e. The van der Waals surface area contributed by atoms with Gasteiger partial charge < -0.3 is 10.0 Å². The van der Waals surface area contributed by atoms with Crippen LogP contribution < -0.4 is 0 Å². The molecule has 1 aliphatic rings. The summed E-state index contributed by atoms with van der Waals surface area (Å²) < 4.78 is 0. The van der Waals surface area contributed by atoms with Gasteiger partial charge in [0.05, 0.1) is 0 Å². The highest BCUT2D eigenvalue weighted by molar-refractivity contribution is 5.35. The SMILES string of the molecule is Cc1ccc(C)c(C2(O)CCCN(C)C2)c1. The topological polar surface area (TPSA) is 23.5 Å². The number of aliphatic hydroxyl groups is 1. The molecule has 1 saturated heterocycles. The van der Waals surface area contributed by atoms with Crippen LogP contribution in [0.15, 0.2) is 18.2 Å². The second-order valence-corrected chi connectivity index (χ2v) is 5.19. The van der Waals surface area contributed by atoms with E-state index in [-0.39, 0.29) is 0 Å². The van der Waals surface area contributed by atoms with Gasteiger partial charge in [-0.15, -0.1) is 0 Å². The maximum atomic E-state index is 10.8. The Kier molecular flexibility index (Phi) is 3.04. The average Bonchev–Trinajstić information content (AvgIpc) is 2.21. The van der Waals surface area contributed by atoms with Crippen LogP contribution in [0.3, 0.4) is 0 Å². The summed E-state index contributed by atoms with van der Waals surface area (Å²) in [7, 11) is 2.08. The molecular formula is C14H21NO. The van der Waals surface area contributed by atoms with Crippen molar-refractivity contribution in [1.29, 1.82) is 0 Å². The monoisotopic (exact) mass is 219 g/mol. The van der Waals surface area contributed by atoms with Crippen LogP contribution in [0.5, 0.6) is 0 Å². The Bertz CT molecular complexity index is 388. The molecule has 1 aliphatic heterocycles. The second-order valence-electron chi connectivity index (χ2n) is 5.19. The van der Waals surface area contributed by atoms with Gasteiger partial charge in [0.15, 0.2) is 0 Å². The Morgan fingerprint density at radius 1 is 1.31 bits per heavy atom. The summed E-state index contributed by atoms with van der Waals surface area (Å²) in [6.07, 6.45) is 1.95. The highest BCUT2D eigenvalue weighted by Crippen LogP contribution is 2.33. The molecule has 1 aromatic rings. The fourth-order valence-corrected chi connectivity index (χ4v) is 2.70. The van der Waals surface area contributed by atoms with E-state index in [4.69, 9.17) is 0 Å². The molecule has 1 unspecified atom stereocenters. The molecule has 1 N–H and O–H groups in total. The molecule has 0 aliphatic carbocycles. The largest absolute Gasteiger partial charge is 0.384 e. The van der Waals surface area contributed by atoms with Crippen LogP contribution in [-0.2, 0) is 5.60 Å². The van der Waals surface area contributed by atoms with Crippen LogP contribution in [0.2, 0.25) is 0 Å². The van der Waals surface area contributed by atoms with Gasteiger partial charge in [0.1, 0.15) is 5.60 Å². The number of benzene rings is 1. The third-order valence-corrected chi connectivity index (χ3v) is 3.56. The molecule has 88 valence electrons. The van der Waals surface area contributed by atoms with Gasteiger partial charge in [0, 0.05) is 6.54 Å². The van der Waals surface area contributed by atoms with Crippen LogP contribution in [0.25, 0.3) is 0 Å². The number of nitrogens with zero attached hydrogens (tertiary/aromatic N) is 1. The van der Waals surface area contributed by atoms with Crippen LogP contribution in [0.4, 0.5) is 0 Å². The van der Waals surface area contributed by atoms with Crippen molar-refractivity contribution in [2.24, 2.45) is 0 Å². The fourth-order valence-electron chi connectivity index (χ4n) is 2.70. The van der Waals surface area contributed by atoms with Crippen molar-refractivity contribution in [1.82, 2.24) is 4.90 Å². The van der Waals surface area contributed by atoms with Gasteiger partial charge in [-0.3, -0.25) is 0 Å². The quantitative estimate of drug-likeness (QED) is 0.783. The summed E-state index contributed by atoms with van der Waals surface area (Å²) in [4.78, 5) is 2.21. The van der Waals surface area contributed by atoms with Crippen molar-refractivity contribution in [2.45, 2.75) is 32.3 Å². The number of hydrogen-bond donors (Lipinski definition) is 1. The van der Waals surface area contributed by atoms with Crippen molar-refractivity contribution in [3.63, 3.8) is 0 Å². The first-order valence-electron chi connectivity index (χ1n) is 6.00. The molecule has 0 aromatic heterocycles. The van der Waals surface area contributed by atoms with Gasteiger partial charge >= 0.3 is 0 Å². The summed E-state index contributed by atoms with van der Waals surface area (Å²) in [6, 6.07) is 6.35. The number of rotatable bonds is 1. The zero-order chi connectivity index (χ0) is 11.8. The van der Waals surface area contributed by atoms with Gasteiger partial charge in [0.25, 0.3) is 0 Å². The molecule has 0 amide bonds. The molecule has 2 nitrogen and oxygen atoms in total. The minimum atomic E-state index is -0.650. The van der Waals surface area contributed by atoms with Crippen molar-refractivity contribution < 1.29 is 5.11 Å². The Balaban J connectivity index is 2.37. The molecule has 1 aromatic carbocycles. The predicted molar refractivity (Wildman–Crippen MR) is 66.5 cm³/mol. The molecule has 0 saturated carbocycles. The zero-order valence-electron chi connectivity index (χ0n) is 10.5. The smallest absolute Gasteiger partial charge is 0.103 e. The van der Waals surface area contributed by atoms with E-state index in [9.17, 15) is 5.11 Å². The predicted octanol–water partition coefficient (Wildman–Crippen LogP) is 2.22. The van der Waals surface area contributed by atoms with Gasteiger partial charge in [0.2, 0.25) is 0 Å². The van der Waals surface area contributed by atoms with E-state index in [2.05, 4.69) is 44.0 Å². The first-order chi connectivity index (χ1) is 7.51. The lowest BCUT2D eigenvalue weighted by atomic mass is 9.83. The van der Waals surface area contributed by atoms with Gasteiger partial charge in [-0.1, -0.05) is 23.8 Å². The average molecular weight is 219 g/mol. The number of piperidine rings is 1. The van der Waals surface area contributed by atoms with Crippen LogP contribution >= 0.6 is 0 Å². The van der Waals surface area contributed by atoms with Gasteiger partial charge in [-0.2, -0.15) is 0 Å². The lowest BCUT2D eigenvalue weighted by Gasteiger charge is -2.38. The summed E-state index contributed by atoms with van der Waals surface area (Å²) in [6.45, 7) is 6.00. The summed E-state index contributed by atoms with van der Waals surface area (Å²) >= 11 is 0. The summed E-state index contributed by atoms with van der Waals surface area (Å²) in [5, 5.41) is 10.8. The van der Waals surface area contributed by atoms with E-state index in [1.807, 2.05) is 0 Å². The molecule has 0 spiro atoms. The first-order valence-corrected chi connectivity index (χ1v) is 6.00. The number of likely N-dealkylation sites (tertiary alicyclic amines) is 1. The zero-order valence-corrected chi connectivity index (χ0v) is 10.5. The number of likely N-dealkylation sites (N-methyl/N-ethyl adjacent to an activating group) is 1. The molecule has 1 fully saturated rings. The van der Waals surface area contributed by atoms with E-state index in [1.54, 1.807) is 0 Å². The molecule has 1 heterocycles. The van der Waals surface area contributed by atoms with E-state index < -0.39 is 5.60 Å². The molecule has 2 heteroatoms. The van der Waals surface area contributed by atoms with Crippen LogP contribution in [-0.4, -0.2) is 30.1 Å². The molecule has 0 bridgehead atoms. The number of β-amino-alcohol motifs (C(OH)–C–C–N with tert-alkyl or cyclic N) is 1. The van der Waals surface area contributed by atoms with Crippen molar-refractivity contribution in [2.75, 3.05) is 20.1 Å². The standard InChI is InChI=1S/C14H21NO/c1-11-5-6-12(2)13(9-11)14(16)7-4-8-15(3)10-14/h5-6,9,16H,4,7-8,10H2,1-3H3. The van der Waals surface area contributed by atoms with E-state index in [0.29, 0.717) is 0 Å². The third-order valence-electron chi connectivity index (χ3n) is 3.56. The Morgan fingerprint density at radius 3 is 2.75 bits per heavy atom. The van der Waals surface area contributed by atoms with E-state index in [0.717, 1.165) is 31.5 Å². The lowest BCUT2D eigenvalue weighted by molar-refractivity contribution is -0.0282. The molecule has 2 rings (SSSR count). The third kappa shape index (κ3) is 2.13.